The van der Waals surface area contributed by atoms with E-state index in [4.69, 9.17) is 19.7 Å². The van der Waals surface area contributed by atoms with E-state index in [-0.39, 0.29) is 30.0 Å². The molecule has 1 amide bonds. The zero-order valence-corrected chi connectivity index (χ0v) is 23.2. The summed E-state index contributed by atoms with van der Waals surface area (Å²) in [4.78, 5) is 32.5. The molecule has 2 aliphatic carbocycles. The van der Waals surface area contributed by atoms with E-state index in [0.717, 1.165) is 31.4 Å². The van der Waals surface area contributed by atoms with Gasteiger partial charge in [0.05, 0.1) is 18.0 Å². The Kier molecular flexibility index (Phi) is 5.75. The number of likely N-dealkylation sites (N-methyl/N-ethyl adjacent to an activating group) is 1. The molecule has 0 bridgehead atoms. The zero-order chi connectivity index (χ0) is 28.0. The van der Waals surface area contributed by atoms with Gasteiger partial charge in [-0.1, -0.05) is 24.8 Å². The van der Waals surface area contributed by atoms with Crippen LogP contribution >= 0.6 is 0 Å². The van der Waals surface area contributed by atoms with E-state index >= 15 is 4.39 Å². The van der Waals surface area contributed by atoms with E-state index < -0.39 is 23.7 Å². The molecule has 1 aromatic carbocycles. The van der Waals surface area contributed by atoms with Gasteiger partial charge in [0.25, 0.3) is 5.91 Å². The van der Waals surface area contributed by atoms with E-state index in [9.17, 15) is 9.18 Å². The second kappa shape index (κ2) is 9.31. The number of nitrogens with zero attached hydrogens (tertiary/aromatic N) is 6. The van der Waals surface area contributed by atoms with Crippen LogP contribution in [0, 0.1) is 11.8 Å². The standard InChI is InChI=1S/C31H34F2N6O2/c1-16(32)30(40)38-10-8-23-24(38)14-39(23)29-22-13-34-27(20-7-3-5-17-11-18-12-21(18)25(17)20)26(33)28(22)35-31(36-29)41-15-19-6-4-9-37(19)2/h3,5,7,13,18-19,21-24,28H,1,4,6,8-12,14-15H2,2H3/t18?,19-,21?,22?,23+,24+,28?/m0/s1. The number of carbonyl (C=O) groups excluding carboxylic acids is 1. The van der Waals surface area contributed by atoms with E-state index in [1.807, 2.05) is 12.1 Å². The van der Waals surface area contributed by atoms with Crippen LogP contribution in [0.25, 0.3) is 5.70 Å². The molecule has 8 nitrogen and oxygen atoms in total. The van der Waals surface area contributed by atoms with Gasteiger partial charge in [-0.2, -0.15) is 4.99 Å². The van der Waals surface area contributed by atoms with Gasteiger partial charge in [0, 0.05) is 30.9 Å². The fourth-order valence-electron chi connectivity index (χ4n) is 7.98. The fraction of sp³-hybridized carbons (Fsp3) is 0.548. The van der Waals surface area contributed by atoms with Crippen LogP contribution in [0.15, 0.2) is 51.4 Å². The number of amides is 1. The van der Waals surface area contributed by atoms with Crippen LogP contribution in [0.3, 0.4) is 0 Å². The Bertz CT molecular complexity index is 1470. The zero-order valence-electron chi connectivity index (χ0n) is 23.2. The van der Waals surface area contributed by atoms with Crippen molar-refractivity contribution in [2.24, 2.45) is 26.8 Å². The van der Waals surface area contributed by atoms with Crippen molar-refractivity contribution < 1.29 is 18.3 Å². The molecule has 41 heavy (non-hydrogen) atoms. The van der Waals surface area contributed by atoms with Gasteiger partial charge in [0.1, 0.15) is 24.2 Å². The second-order valence-electron chi connectivity index (χ2n) is 12.6. The van der Waals surface area contributed by atoms with Gasteiger partial charge in [0.2, 0.25) is 0 Å². The summed E-state index contributed by atoms with van der Waals surface area (Å²) in [7, 11) is 2.09. The topological polar surface area (TPSA) is 73.1 Å². The molecule has 214 valence electrons. The second-order valence-corrected chi connectivity index (χ2v) is 12.6. The predicted molar refractivity (Wildman–Crippen MR) is 152 cm³/mol. The smallest absolute Gasteiger partial charge is 0.314 e. The summed E-state index contributed by atoms with van der Waals surface area (Å²) in [5, 5.41) is 0. The lowest BCUT2D eigenvalue weighted by molar-refractivity contribution is -0.131. The summed E-state index contributed by atoms with van der Waals surface area (Å²) in [6, 6.07) is 5.65. The van der Waals surface area contributed by atoms with E-state index in [0.29, 0.717) is 49.5 Å². The van der Waals surface area contributed by atoms with Gasteiger partial charge in [-0.25, -0.2) is 13.8 Å². The maximum atomic E-state index is 16.6. The summed E-state index contributed by atoms with van der Waals surface area (Å²) in [6.07, 6.45) is 6.87. The molecule has 5 aliphatic heterocycles. The molecule has 1 saturated carbocycles. The number of rotatable bonds is 4. The fourth-order valence-corrected chi connectivity index (χ4v) is 7.98. The summed E-state index contributed by atoms with van der Waals surface area (Å²) in [5.41, 5.74) is 3.82. The Hall–Kier alpha value is -3.40. The van der Waals surface area contributed by atoms with Crippen molar-refractivity contribution in [3.8, 4) is 0 Å². The lowest BCUT2D eigenvalue weighted by Crippen LogP contribution is -2.66. The van der Waals surface area contributed by atoms with Crippen molar-refractivity contribution in [1.29, 1.82) is 0 Å². The Morgan fingerprint density at radius 2 is 2.10 bits per heavy atom. The minimum absolute atomic E-state index is 0.0240. The van der Waals surface area contributed by atoms with Crippen molar-refractivity contribution in [1.82, 2.24) is 14.7 Å². The summed E-state index contributed by atoms with van der Waals surface area (Å²) in [6.45, 7) is 5.60. The van der Waals surface area contributed by atoms with Crippen LogP contribution in [-0.4, -0.2) is 96.1 Å². The first-order valence-corrected chi connectivity index (χ1v) is 14.9. The predicted octanol–water partition coefficient (Wildman–Crippen LogP) is 3.70. The van der Waals surface area contributed by atoms with Gasteiger partial charge in [0.15, 0.2) is 11.7 Å². The number of benzene rings is 1. The molecule has 4 unspecified atom stereocenters. The van der Waals surface area contributed by atoms with Crippen LogP contribution in [0.4, 0.5) is 8.78 Å². The third-order valence-corrected chi connectivity index (χ3v) is 10.3. The van der Waals surface area contributed by atoms with Gasteiger partial charge in [-0.05, 0) is 68.7 Å². The number of amidine groups is 2. The maximum absolute atomic E-state index is 16.6. The molecule has 0 radical (unpaired) electrons. The number of hydrogen-bond acceptors (Lipinski definition) is 7. The number of aliphatic imine (C=N–C) groups is 3. The van der Waals surface area contributed by atoms with Crippen molar-refractivity contribution in [2.45, 2.75) is 62.2 Å². The SMILES string of the molecule is C=C(F)C(=O)N1CC[C@@H]2[C@H]1CN2C1=NC(OC[C@@H]2CCCN2C)=NC2C(F)=C(c3cccc4c3C3CC3C4)N=CC12. The Morgan fingerprint density at radius 1 is 1.22 bits per heavy atom. The first-order chi connectivity index (χ1) is 19.9. The molecule has 7 atom stereocenters. The van der Waals surface area contributed by atoms with E-state index in [1.54, 1.807) is 11.1 Å². The highest BCUT2D eigenvalue weighted by atomic mass is 19.1. The molecule has 0 spiro atoms. The minimum Gasteiger partial charge on any atom is -0.462 e. The van der Waals surface area contributed by atoms with Gasteiger partial charge >= 0.3 is 6.02 Å². The van der Waals surface area contributed by atoms with Crippen molar-refractivity contribution in [3.63, 3.8) is 0 Å². The van der Waals surface area contributed by atoms with E-state index in [2.05, 4.69) is 29.5 Å². The number of ether oxygens (including phenoxy) is 1. The largest absolute Gasteiger partial charge is 0.462 e. The summed E-state index contributed by atoms with van der Waals surface area (Å²) < 4.78 is 36.4. The van der Waals surface area contributed by atoms with Crippen LogP contribution in [-0.2, 0) is 16.0 Å². The molecule has 7 aliphatic rings. The molecule has 4 fully saturated rings. The maximum Gasteiger partial charge on any atom is 0.314 e. The molecule has 10 heteroatoms. The summed E-state index contributed by atoms with van der Waals surface area (Å²) in [5.74, 6) is -0.575. The third-order valence-electron chi connectivity index (χ3n) is 10.3. The van der Waals surface area contributed by atoms with Gasteiger partial charge < -0.3 is 19.4 Å². The molecule has 0 N–H and O–H groups in total. The first kappa shape index (κ1) is 25.3. The Balaban J connectivity index is 1.11. The quantitative estimate of drug-likeness (QED) is 0.527. The number of halogens is 2. The van der Waals surface area contributed by atoms with Crippen molar-refractivity contribution in [3.05, 3.63) is 53.1 Å². The highest BCUT2D eigenvalue weighted by Crippen LogP contribution is 2.58. The monoisotopic (exact) mass is 560 g/mol. The molecule has 8 rings (SSSR count). The van der Waals surface area contributed by atoms with Crippen LogP contribution < -0.4 is 0 Å². The highest BCUT2D eigenvalue weighted by Gasteiger charge is 2.53. The number of hydrogen-bond donors (Lipinski definition) is 0. The van der Waals surface area contributed by atoms with Gasteiger partial charge in [-0.15, -0.1) is 0 Å². The molecule has 5 heterocycles. The molecule has 3 saturated heterocycles. The average molecular weight is 561 g/mol. The average Bonchev–Trinajstić information content (AvgIpc) is 3.24. The molecule has 1 aromatic rings. The van der Waals surface area contributed by atoms with Crippen LogP contribution in [0.2, 0.25) is 0 Å². The van der Waals surface area contributed by atoms with Gasteiger partial charge in [-0.3, -0.25) is 9.79 Å². The molecule has 0 aromatic heterocycles. The number of fused-ring (bicyclic) bond motifs is 5. The molecular weight excluding hydrogens is 526 g/mol. The first-order valence-electron chi connectivity index (χ1n) is 14.9. The van der Waals surface area contributed by atoms with Crippen molar-refractivity contribution in [2.75, 3.05) is 33.3 Å². The van der Waals surface area contributed by atoms with Crippen molar-refractivity contribution >= 4 is 29.7 Å². The van der Waals surface area contributed by atoms with E-state index in [1.165, 1.54) is 17.5 Å². The highest BCUT2D eigenvalue weighted by molar-refractivity contribution is 6.08. The lowest BCUT2D eigenvalue weighted by Gasteiger charge is -2.50. The lowest BCUT2D eigenvalue weighted by atomic mass is 9.87. The molecular formula is C31H34F2N6O2. The third kappa shape index (κ3) is 3.93. The number of carbonyl (C=O) groups is 1. The van der Waals surface area contributed by atoms with Crippen LogP contribution in [0.1, 0.15) is 48.3 Å². The van der Waals surface area contributed by atoms with Crippen LogP contribution in [0.5, 0.6) is 0 Å². The normalized spacial score (nSPS) is 34.9. The minimum atomic E-state index is -0.942. The Morgan fingerprint density at radius 3 is 2.90 bits per heavy atom. The summed E-state index contributed by atoms with van der Waals surface area (Å²) >= 11 is 0. The Labute approximate surface area is 238 Å². The number of likely N-dealkylation sites (tertiary alicyclic amines) is 3.